The Labute approximate surface area is 59.7 Å². The van der Waals surface area contributed by atoms with Crippen LogP contribution in [0, 0.1) is 0 Å². The average molecular weight is 156 g/mol. The molecule has 0 saturated heterocycles. The molecule has 0 aliphatic heterocycles. The van der Waals surface area contributed by atoms with Crippen LogP contribution in [0.3, 0.4) is 0 Å². The predicted molar refractivity (Wildman–Crippen MR) is 36.9 cm³/mol. The molecule has 0 atom stereocenters. The fraction of sp³-hybridized carbons (Fsp3) is 0. The summed E-state index contributed by atoms with van der Waals surface area (Å²) < 4.78 is 1.30. The van der Waals surface area contributed by atoms with Crippen LogP contribution in [0.15, 0.2) is 6.07 Å². The van der Waals surface area contributed by atoms with Crippen molar-refractivity contribution in [1.82, 2.24) is 14.8 Å². The Balaban J connectivity index is 2.83. The maximum Gasteiger partial charge on any atom is 0.291 e. The minimum absolute atomic E-state index is 0.00231. The molecule has 0 aliphatic rings. The molecule has 0 aliphatic carbocycles. The number of fused-ring (bicyclic) bond motifs is 1. The lowest BCUT2D eigenvalue weighted by atomic mass is 10.7. The molecule has 0 saturated carbocycles. The van der Waals surface area contributed by atoms with E-state index in [0.717, 1.165) is 16.2 Å². The van der Waals surface area contributed by atoms with Gasteiger partial charge in [-0.15, -0.1) is 9.73 Å². The summed E-state index contributed by atoms with van der Waals surface area (Å²) in [7, 11) is 0. The third-order valence-electron chi connectivity index (χ3n) is 1.05. The van der Waals surface area contributed by atoms with Crippen LogP contribution in [0.4, 0.5) is 5.82 Å². The molecule has 0 spiro atoms. The van der Waals surface area contributed by atoms with Crippen molar-refractivity contribution < 1.29 is 5.11 Å². The second kappa shape index (κ2) is 1.60. The number of nitrogens with zero attached hydrogens (tertiary/aromatic N) is 3. The van der Waals surface area contributed by atoms with E-state index in [2.05, 4.69) is 10.2 Å². The first-order valence-electron chi connectivity index (χ1n) is 2.57. The number of hydrogen-bond acceptors (Lipinski definition) is 5. The number of anilines is 1. The van der Waals surface area contributed by atoms with Crippen molar-refractivity contribution in [2.24, 2.45) is 0 Å². The van der Waals surface area contributed by atoms with Crippen molar-refractivity contribution in [2.45, 2.75) is 0 Å². The largest absolute Gasteiger partial charge is 0.485 e. The zero-order chi connectivity index (χ0) is 7.14. The summed E-state index contributed by atoms with van der Waals surface area (Å²) in [6.45, 7) is 0. The van der Waals surface area contributed by atoms with E-state index in [1.807, 2.05) is 0 Å². The lowest BCUT2D eigenvalue weighted by Crippen LogP contribution is -1.88. The molecule has 0 bridgehead atoms. The van der Waals surface area contributed by atoms with Gasteiger partial charge in [-0.2, -0.15) is 0 Å². The predicted octanol–water partition coefficient (Wildman–Crippen LogP) is 0.0786. The minimum Gasteiger partial charge on any atom is -0.485 e. The summed E-state index contributed by atoms with van der Waals surface area (Å²) in [6.07, 6.45) is 0. The van der Waals surface area contributed by atoms with Crippen LogP contribution < -0.4 is 5.73 Å². The van der Waals surface area contributed by atoms with Gasteiger partial charge in [0, 0.05) is 6.07 Å². The Morgan fingerprint density at radius 1 is 1.60 bits per heavy atom. The Bertz CT molecular complexity index is 301. The summed E-state index contributed by atoms with van der Waals surface area (Å²) in [4.78, 5) is 0.745. The molecule has 0 radical (unpaired) electrons. The highest BCUT2D eigenvalue weighted by Gasteiger charge is 2.03. The standard InChI is InChI=1S/C4H4N4OS/c5-2-1-3-8(6-2)7-4(9)10-3/h1H,(H2,5,6)(H,7,9). The Kier molecular flexibility index (Phi) is 0.877. The molecule has 3 N–H and O–H groups in total. The van der Waals surface area contributed by atoms with E-state index in [1.54, 1.807) is 6.07 Å². The van der Waals surface area contributed by atoms with Gasteiger partial charge in [0.2, 0.25) is 0 Å². The van der Waals surface area contributed by atoms with Crippen LogP contribution in [0.25, 0.3) is 4.83 Å². The van der Waals surface area contributed by atoms with E-state index >= 15 is 0 Å². The Hall–Kier alpha value is -1.30. The number of nitrogens with two attached hydrogens (primary N) is 1. The van der Waals surface area contributed by atoms with Gasteiger partial charge in [-0.1, -0.05) is 16.4 Å². The third-order valence-corrected chi connectivity index (χ3v) is 1.81. The number of nitrogen functional groups attached to an aromatic ring is 1. The number of aromatic hydroxyl groups is 1. The molecular formula is C4H4N4OS. The van der Waals surface area contributed by atoms with Crippen molar-refractivity contribution in [3.05, 3.63) is 6.07 Å². The molecule has 0 unspecified atom stereocenters. The van der Waals surface area contributed by atoms with E-state index in [4.69, 9.17) is 10.8 Å². The van der Waals surface area contributed by atoms with E-state index in [-0.39, 0.29) is 5.19 Å². The van der Waals surface area contributed by atoms with Gasteiger partial charge < -0.3 is 10.8 Å². The van der Waals surface area contributed by atoms with Crippen molar-refractivity contribution in [1.29, 1.82) is 0 Å². The van der Waals surface area contributed by atoms with Gasteiger partial charge in [0.05, 0.1) is 0 Å². The smallest absolute Gasteiger partial charge is 0.291 e. The molecule has 2 aromatic rings. The highest BCUT2D eigenvalue weighted by molar-refractivity contribution is 7.18. The first-order chi connectivity index (χ1) is 4.75. The van der Waals surface area contributed by atoms with Crippen LogP contribution in [0.5, 0.6) is 5.19 Å². The van der Waals surface area contributed by atoms with Gasteiger partial charge in [0.15, 0.2) is 0 Å². The summed E-state index contributed by atoms with van der Waals surface area (Å²) in [5.74, 6) is 0.416. The lowest BCUT2D eigenvalue weighted by Gasteiger charge is -1.75. The molecule has 10 heavy (non-hydrogen) atoms. The van der Waals surface area contributed by atoms with Crippen LogP contribution >= 0.6 is 11.3 Å². The average Bonchev–Trinajstić information content (AvgIpc) is 2.21. The number of rotatable bonds is 0. The molecule has 2 aromatic heterocycles. The first kappa shape index (κ1) is 5.48. The van der Waals surface area contributed by atoms with Crippen LogP contribution in [-0.4, -0.2) is 19.9 Å². The second-order valence-corrected chi connectivity index (χ2v) is 2.77. The van der Waals surface area contributed by atoms with Gasteiger partial charge in [0.25, 0.3) is 5.19 Å². The maximum absolute atomic E-state index is 8.84. The van der Waals surface area contributed by atoms with Crippen molar-refractivity contribution in [3.63, 3.8) is 0 Å². The highest BCUT2D eigenvalue weighted by Crippen LogP contribution is 2.20. The van der Waals surface area contributed by atoms with Gasteiger partial charge in [-0.25, -0.2) is 0 Å². The zero-order valence-electron chi connectivity index (χ0n) is 4.85. The molecule has 2 rings (SSSR count). The molecule has 0 aromatic carbocycles. The molecule has 2 heterocycles. The van der Waals surface area contributed by atoms with Gasteiger partial charge in [-0.05, 0) is 0 Å². The highest BCUT2D eigenvalue weighted by atomic mass is 32.1. The first-order valence-corrected chi connectivity index (χ1v) is 3.39. The molecule has 52 valence electrons. The van der Waals surface area contributed by atoms with E-state index in [9.17, 15) is 0 Å². The van der Waals surface area contributed by atoms with Gasteiger partial charge in [-0.3, -0.25) is 0 Å². The molecule has 0 amide bonds. The zero-order valence-corrected chi connectivity index (χ0v) is 5.67. The topological polar surface area (TPSA) is 76.4 Å². The summed E-state index contributed by atoms with van der Waals surface area (Å²) in [5, 5.41) is 16.2. The fourth-order valence-electron chi connectivity index (χ4n) is 0.709. The molecular weight excluding hydrogens is 152 g/mol. The number of aromatic nitrogens is 3. The van der Waals surface area contributed by atoms with Crippen molar-refractivity contribution in [2.75, 3.05) is 5.73 Å². The number of hydrogen-bond donors (Lipinski definition) is 2. The third kappa shape index (κ3) is 0.623. The maximum atomic E-state index is 8.84. The van der Waals surface area contributed by atoms with Gasteiger partial charge in [0.1, 0.15) is 10.6 Å². The SMILES string of the molecule is Nc1cc2sc(O)nn2n1. The second-order valence-electron chi connectivity index (χ2n) is 1.78. The van der Waals surface area contributed by atoms with E-state index < -0.39 is 0 Å². The Morgan fingerprint density at radius 2 is 2.40 bits per heavy atom. The van der Waals surface area contributed by atoms with Crippen molar-refractivity contribution >= 4 is 22.0 Å². The minimum atomic E-state index is 0.00231. The summed E-state index contributed by atoms with van der Waals surface area (Å²) in [5.41, 5.74) is 5.34. The Morgan fingerprint density at radius 3 is 3.10 bits per heavy atom. The normalized spacial score (nSPS) is 10.8. The molecule has 6 heteroatoms. The van der Waals surface area contributed by atoms with Crippen LogP contribution in [0.2, 0.25) is 0 Å². The summed E-state index contributed by atoms with van der Waals surface area (Å²) in [6, 6.07) is 1.65. The van der Waals surface area contributed by atoms with Crippen LogP contribution in [-0.2, 0) is 0 Å². The van der Waals surface area contributed by atoms with Crippen molar-refractivity contribution in [3.8, 4) is 5.19 Å². The molecule has 5 nitrogen and oxygen atoms in total. The van der Waals surface area contributed by atoms with E-state index in [0.29, 0.717) is 5.82 Å². The van der Waals surface area contributed by atoms with Crippen LogP contribution in [0.1, 0.15) is 0 Å². The monoisotopic (exact) mass is 156 g/mol. The summed E-state index contributed by atoms with van der Waals surface area (Å²) >= 11 is 1.14. The quantitative estimate of drug-likeness (QED) is 0.566. The van der Waals surface area contributed by atoms with Gasteiger partial charge >= 0.3 is 0 Å². The van der Waals surface area contributed by atoms with E-state index in [1.165, 1.54) is 4.63 Å². The molecule has 0 fully saturated rings. The fourth-order valence-corrected chi connectivity index (χ4v) is 1.36. The lowest BCUT2D eigenvalue weighted by molar-refractivity contribution is 0.458.